The lowest BCUT2D eigenvalue weighted by Gasteiger charge is -2.14. The molecule has 3 aromatic carbocycles. The van der Waals surface area contributed by atoms with Crippen molar-refractivity contribution in [2.45, 2.75) is 19.1 Å². The Morgan fingerprint density at radius 3 is 2.45 bits per heavy atom. The quantitative estimate of drug-likeness (QED) is 0.454. The normalized spacial score (nSPS) is 12.7. The van der Waals surface area contributed by atoms with Gasteiger partial charge in [-0.1, -0.05) is 36.4 Å². The largest absolute Gasteiger partial charge is 0.416 e. The number of alkyl halides is 3. The monoisotopic (exact) mass is 423 g/mol. The van der Waals surface area contributed by atoms with Gasteiger partial charge in [-0.25, -0.2) is 4.98 Å². The van der Waals surface area contributed by atoms with Gasteiger partial charge in [0.1, 0.15) is 5.82 Å². The first-order valence-corrected chi connectivity index (χ1v) is 9.72. The summed E-state index contributed by atoms with van der Waals surface area (Å²) in [5.41, 5.74) is 1.30. The van der Waals surface area contributed by atoms with E-state index in [1.807, 2.05) is 49.0 Å². The first kappa shape index (κ1) is 20.7. The van der Waals surface area contributed by atoms with Crippen LogP contribution < -0.4 is 5.32 Å². The maximum absolute atomic E-state index is 12.9. The van der Waals surface area contributed by atoms with E-state index in [9.17, 15) is 18.0 Å². The zero-order chi connectivity index (χ0) is 22.2. The first-order valence-electron chi connectivity index (χ1n) is 9.72. The van der Waals surface area contributed by atoms with Crippen LogP contribution in [0.25, 0.3) is 21.9 Å². The zero-order valence-corrected chi connectivity index (χ0v) is 16.9. The lowest BCUT2D eigenvalue weighted by molar-refractivity contribution is -0.137. The third-order valence-corrected chi connectivity index (χ3v) is 5.26. The molecule has 1 N–H and O–H groups in total. The van der Waals surface area contributed by atoms with Gasteiger partial charge < -0.3 is 9.88 Å². The predicted octanol–water partition coefficient (Wildman–Crippen LogP) is 5.75. The number of nitrogens with zero attached hydrogens (tertiary/aromatic N) is 2. The summed E-state index contributed by atoms with van der Waals surface area (Å²) in [7, 11) is 1.86. The Balaban J connectivity index is 1.62. The molecule has 0 aliphatic heterocycles. The Hall–Kier alpha value is -3.61. The second-order valence-corrected chi connectivity index (χ2v) is 7.41. The van der Waals surface area contributed by atoms with Crippen molar-refractivity contribution < 1.29 is 18.0 Å². The van der Waals surface area contributed by atoms with Gasteiger partial charge >= 0.3 is 6.18 Å². The van der Waals surface area contributed by atoms with E-state index >= 15 is 0 Å². The van der Waals surface area contributed by atoms with Gasteiger partial charge in [-0.05, 0) is 53.1 Å². The van der Waals surface area contributed by atoms with Crippen molar-refractivity contribution in [3.05, 3.63) is 90.0 Å². The van der Waals surface area contributed by atoms with E-state index in [0.29, 0.717) is 11.1 Å². The summed E-state index contributed by atoms with van der Waals surface area (Å²) in [5, 5.41) is 4.63. The highest BCUT2D eigenvalue weighted by atomic mass is 19.4. The molecule has 1 heterocycles. The molecule has 1 atom stereocenters. The highest BCUT2D eigenvalue weighted by molar-refractivity contribution is 6.02. The van der Waals surface area contributed by atoms with Crippen molar-refractivity contribution in [1.29, 1.82) is 0 Å². The molecule has 0 aliphatic rings. The van der Waals surface area contributed by atoms with Crippen LogP contribution in [-0.2, 0) is 13.2 Å². The van der Waals surface area contributed by atoms with E-state index in [-0.39, 0.29) is 11.9 Å². The number of nitrogens with one attached hydrogen (secondary N) is 1. The van der Waals surface area contributed by atoms with Crippen molar-refractivity contribution in [1.82, 2.24) is 14.9 Å². The van der Waals surface area contributed by atoms with Crippen molar-refractivity contribution in [3.8, 4) is 11.1 Å². The van der Waals surface area contributed by atoms with Crippen LogP contribution >= 0.6 is 0 Å². The Bertz CT molecular complexity index is 1240. The molecule has 0 unspecified atom stereocenters. The van der Waals surface area contributed by atoms with E-state index in [1.165, 1.54) is 12.1 Å². The van der Waals surface area contributed by atoms with Crippen molar-refractivity contribution in [2.75, 3.05) is 0 Å². The summed E-state index contributed by atoms with van der Waals surface area (Å²) in [5.74, 6) is 0.524. The Morgan fingerprint density at radius 2 is 1.81 bits per heavy atom. The van der Waals surface area contributed by atoms with E-state index in [4.69, 9.17) is 0 Å². The molecule has 4 nitrogen and oxygen atoms in total. The summed E-state index contributed by atoms with van der Waals surface area (Å²) >= 11 is 0. The fourth-order valence-electron chi connectivity index (χ4n) is 3.65. The second kappa shape index (κ2) is 7.91. The number of benzene rings is 3. The van der Waals surface area contributed by atoms with E-state index in [0.717, 1.165) is 34.3 Å². The second-order valence-electron chi connectivity index (χ2n) is 7.41. The number of rotatable bonds is 4. The smallest absolute Gasteiger partial charge is 0.342 e. The van der Waals surface area contributed by atoms with E-state index in [2.05, 4.69) is 10.3 Å². The van der Waals surface area contributed by atoms with Crippen LogP contribution in [0.2, 0.25) is 0 Å². The lowest BCUT2D eigenvalue weighted by Crippen LogP contribution is -2.28. The maximum Gasteiger partial charge on any atom is 0.416 e. The summed E-state index contributed by atoms with van der Waals surface area (Å²) in [6.07, 6.45) is -0.876. The number of aromatic nitrogens is 2. The molecule has 1 amide bonds. The lowest BCUT2D eigenvalue weighted by atomic mass is 9.96. The van der Waals surface area contributed by atoms with Gasteiger partial charge in [0, 0.05) is 25.0 Å². The zero-order valence-electron chi connectivity index (χ0n) is 16.9. The molecule has 0 bridgehead atoms. The number of halogens is 3. The number of hydrogen-bond acceptors (Lipinski definition) is 2. The number of aryl methyl sites for hydroxylation is 1. The number of carbonyl (C=O) groups excluding carboxylic acids is 1. The van der Waals surface area contributed by atoms with Gasteiger partial charge in [0.15, 0.2) is 0 Å². The van der Waals surface area contributed by atoms with Crippen LogP contribution in [0, 0.1) is 0 Å². The average Bonchev–Trinajstić information content (AvgIpc) is 3.18. The molecule has 4 aromatic rings. The first-order chi connectivity index (χ1) is 14.7. The van der Waals surface area contributed by atoms with Crippen LogP contribution in [0.5, 0.6) is 0 Å². The van der Waals surface area contributed by atoms with E-state index in [1.54, 1.807) is 18.3 Å². The van der Waals surface area contributed by atoms with Crippen molar-refractivity contribution in [3.63, 3.8) is 0 Å². The molecule has 0 radical (unpaired) electrons. The molecular formula is C24H20F3N3O. The number of fused-ring (bicyclic) bond motifs is 1. The molecule has 0 saturated carbocycles. The standard InChI is InChI=1S/C24H20F3N3O/c1-15(22-28-12-13-30(22)2)29-23(31)18-8-11-21-17(14-18)4-3-5-20(21)16-6-9-19(10-7-16)24(25,26)27/h3-15H,1-2H3,(H,29,31)/t15-/m0/s1. The number of amides is 1. The highest BCUT2D eigenvalue weighted by Crippen LogP contribution is 2.33. The summed E-state index contributed by atoms with van der Waals surface area (Å²) in [6.45, 7) is 1.87. The minimum absolute atomic E-state index is 0.225. The summed E-state index contributed by atoms with van der Waals surface area (Å²) < 4.78 is 40.4. The van der Waals surface area contributed by atoms with E-state index < -0.39 is 11.7 Å². The fourth-order valence-corrected chi connectivity index (χ4v) is 3.65. The Labute approximate surface area is 177 Å². The van der Waals surface area contributed by atoms with Crippen LogP contribution in [0.1, 0.15) is 34.7 Å². The minimum Gasteiger partial charge on any atom is -0.342 e. The topological polar surface area (TPSA) is 46.9 Å². The van der Waals surface area contributed by atoms with Gasteiger partial charge in [0.25, 0.3) is 5.91 Å². The molecule has 7 heteroatoms. The third kappa shape index (κ3) is 4.17. The van der Waals surface area contributed by atoms with Crippen molar-refractivity contribution >= 4 is 16.7 Å². The molecule has 0 fully saturated rings. The van der Waals surface area contributed by atoms with Gasteiger partial charge in [0.2, 0.25) is 0 Å². The highest BCUT2D eigenvalue weighted by Gasteiger charge is 2.30. The molecule has 4 rings (SSSR count). The molecule has 1 aromatic heterocycles. The number of carbonyl (C=O) groups is 1. The van der Waals surface area contributed by atoms with Crippen LogP contribution in [0.4, 0.5) is 13.2 Å². The molecule has 0 saturated heterocycles. The number of imidazole rings is 1. The Morgan fingerprint density at radius 1 is 1.06 bits per heavy atom. The molecule has 31 heavy (non-hydrogen) atoms. The maximum atomic E-state index is 12.9. The van der Waals surface area contributed by atoms with Crippen molar-refractivity contribution in [2.24, 2.45) is 7.05 Å². The average molecular weight is 423 g/mol. The fraction of sp³-hybridized carbons (Fsp3) is 0.167. The van der Waals surface area contributed by atoms with Gasteiger partial charge in [-0.15, -0.1) is 0 Å². The Kier molecular flexibility index (Phi) is 5.27. The predicted molar refractivity (Wildman–Crippen MR) is 113 cm³/mol. The summed E-state index contributed by atoms with van der Waals surface area (Å²) in [6, 6.07) is 15.7. The molecule has 0 spiro atoms. The third-order valence-electron chi connectivity index (χ3n) is 5.26. The molecular weight excluding hydrogens is 403 g/mol. The van der Waals surface area contributed by atoms with Gasteiger partial charge in [0.05, 0.1) is 11.6 Å². The van der Waals surface area contributed by atoms with Crippen LogP contribution in [-0.4, -0.2) is 15.5 Å². The van der Waals surface area contributed by atoms with Crippen LogP contribution in [0.15, 0.2) is 73.1 Å². The molecule has 0 aliphatic carbocycles. The van der Waals surface area contributed by atoms with Gasteiger partial charge in [-0.2, -0.15) is 13.2 Å². The minimum atomic E-state index is -4.37. The van der Waals surface area contributed by atoms with Crippen LogP contribution in [0.3, 0.4) is 0 Å². The summed E-state index contributed by atoms with van der Waals surface area (Å²) in [4.78, 5) is 17.0. The SMILES string of the molecule is C[C@H](NC(=O)c1ccc2c(-c3ccc(C(F)(F)F)cc3)cccc2c1)c1nccn1C. The van der Waals surface area contributed by atoms with Gasteiger partial charge in [-0.3, -0.25) is 4.79 Å². The molecule has 158 valence electrons. The number of hydrogen-bond donors (Lipinski definition) is 1.